The van der Waals surface area contributed by atoms with Crippen LogP contribution in [0, 0.1) is 0 Å². The van der Waals surface area contributed by atoms with Gasteiger partial charge in [-0.2, -0.15) is 0 Å². The average Bonchev–Trinajstić information content (AvgIpc) is 2.60. The minimum Gasteiger partial charge on any atom is -0.372 e. The number of sulfone groups is 1. The van der Waals surface area contributed by atoms with Crippen molar-refractivity contribution in [3.63, 3.8) is 0 Å². The third-order valence-corrected chi connectivity index (χ3v) is 2.76. The highest BCUT2D eigenvalue weighted by Crippen LogP contribution is 2.17. The Morgan fingerprint density at radius 3 is 2.87 bits per heavy atom. The van der Waals surface area contributed by atoms with Crippen LogP contribution >= 0.6 is 0 Å². The van der Waals surface area contributed by atoms with Crippen LogP contribution in [-0.4, -0.2) is 25.5 Å². The van der Waals surface area contributed by atoms with Gasteiger partial charge in [0.2, 0.25) is 0 Å². The van der Waals surface area contributed by atoms with Crippen LogP contribution in [0.15, 0.2) is 30.5 Å². The SMILES string of the molecule is CS(=O)(=O)CNc1ccc2[nH]ccc2c1. The Morgan fingerprint density at radius 1 is 1.33 bits per heavy atom. The first-order chi connectivity index (χ1) is 7.04. The molecule has 0 saturated carbocycles. The number of hydrogen-bond donors (Lipinski definition) is 2. The number of nitrogens with one attached hydrogen (secondary N) is 2. The summed E-state index contributed by atoms with van der Waals surface area (Å²) < 4.78 is 21.9. The van der Waals surface area contributed by atoms with Crippen molar-refractivity contribution in [2.24, 2.45) is 0 Å². The summed E-state index contributed by atoms with van der Waals surface area (Å²) in [6, 6.07) is 7.63. The molecule has 0 unspecified atom stereocenters. The number of fused-ring (bicyclic) bond motifs is 1. The van der Waals surface area contributed by atoms with E-state index < -0.39 is 9.84 Å². The molecule has 15 heavy (non-hydrogen) atoms. The molecule has 0 fully saturated rings. The molecule has 5 heteroatoms. The predicted molar refractivity (Wildman–Crippen MR) is 61.6 cm³/mol. The molecule has 0 radical (unpaired) electrons. The Morgan fingerprint density at radius 2 is 2.13 bits per heavy atom. The number of benzene rings is 1. The zero-order chi connectivity index (χ0) is 10.9. The molecule has 0 aliphatic carbocycles. The smallest absolute Gasteiger partial charge is 0.165 e. The van der Waals surface area contributed by atoms with Crippen molar-refractivity contribution in [3.05, 3.63) is 30.5 Å². The van der Waals surface area contributed by atoms with Gasteiger partial charge in [0.25, 0.3) is 0 Å². The molecule has 4 nitrogen and oxygen atoms in total. The Labute approximate surface area is 88.2 Å². The molecule has 0 amide bonds. The van der Waals surface area contributed by atoms with E-state index in [1.807, 2.05) is 30.5 Å². The van der Waals surface area contributed by atoms with Crippen molar-refractivity contribution in [1.29, 1.82) is 0 Å². The molecule has 0 atom stereocenters. The quantitative estimate of drug-likeness (QED) is 0.832. The zero-order valence-electron chi connectivity index (χ0n) is 8.32. The second kappa shape index (κ2) is 3.58. The van der Waals surface area contributed by atoms with Crippen LogP contribution < -0.4 is 5.32 Å². The molecule has 1 aromatic carbocycles. The molecule has 0 aliphatic heterocycles. The molecule has 0 aliphatic rings. The monoisotopic (exact) mass is 224 g/mol. The van der Waals surface area contributed by atoms with Gasteiger partial charge in [0, 0.05) is 29.0 Å². The second-order valence-electron chi connectivity index (χ2n) is 3.53. The molecule has 2 aromatic rings. The second-order valence-corrected chi connectivity index (χ2v) is 5.67. The normalized spacial score (nSPS) is 11.8. The number of rotatable bonds is 3. The van der Waals surface area contributed by atoms with E-state index in [-0.39, 0.29) is 5.88 Å². The van der Waals surface area contributed by atoms with Gasteiger partial charge in [0.05, 0.1) is 0 Å². The van der Waals surface area contributed by atoms with E-state index in [2.05, 4.69) is 10.3 Å². The third kappa shape index (κ3) is 2.50. The standard InChI is InChI=1S/C10H12N2O2S/c1-15(13,14)7-12-9-2-3-10-8(6-9)4-5-11-10/h2-6,11-12H,7H2,1H3. The lowest BCUT2D eigenvalue weighted by molar-refractivity contribution is 0.603. The number of anilines is 1. The minimum absolute atomic E-state index is 0.0388. The van der Waals surface area contributed by atoms with E-state index in [0.717, 1.165) is 16.6 Å². The van der Waals surface area contributed by atoms with Crippen molar-refractivity contribution in [1.82, 2.24) is 4.98 Å². The molecule has 0 saturated heterocycles. The van der Waals surface area contributed by atoms with Crippen LogP contribution in [0.3, 0.4) is 0 Å². The van der Waals surface area contributed by atoms with E-state index in [1.165, 1.54) is 6.26 Å². The topological polar surface area (TPSA) is 62.0 Å². The third-order valence-electron chi connectivity index (χ3n) is 2.09. The lowest BCUT2D eigenvalue weighted by Crippen LogP contribution is -2.12. The Balaban J connectivity index is 2.21. The summed E-state index contributed by atoms with van der Waals surface area (Å²) >= 11 is 0. The van der Waals surface area contributed by atoms with Gasteiger partial charge >= 0.3 is 0 Å². The van der Waals surface area contributed by atoms with Crippen molar-refractivity contribution >= 4 is 26.4 Å². The van der Waals surface area contributed by atoms with Gasteiger partial charge in [-0.05, 0) is 24.3 Å². The molecule has 2 rings (SSSR count). The fraction of sp³-hybridized carbons (Fsp3) is 0.200. The lowest BCUT2D eigenvalue weighted by atomic mass is 10.2. The summed E-state index contributed by atoms with van der Waals surface area (Å²) in [4.78, 5) is 3.07. The number of aromatic nitrogens is 1. The average molecular weight is 224 g/mol. The maximum absolute atomic E-state index is 10.9. The molecule has 80 valence electrons. The van der Waals surface area contributed by atoms with Gasteiger partial charge in [-0.1, -0.05) is 0 Å². The van der Waals surface area contributed by atoms with Crippen molar-refractivity contribution in [2.75, 3.05) is 17.4 Å². The highest BCUT2D eigenvalue weighted by atomic mass is 32.2. The summed E-state index contributed by atoms with van der Waals surface area (Å²) in [5.41, 5.74) is 1.85. The minimum atomic E-state index is -2.98. The summed E-state index contributed by atoms with van der Waals surface area (Å²) in [7, 11) is -2.98. The fourth-order valence-corrected chi connectivity index (χ4v) is 1.81. The summed E-state index contributed by atoms with van der Waals surface area (Å²) in [6.45, 7) is 0. The largest absolute Gasteiger partial charge is 0.372 e. The predicted octanol–water partition coefficient (Wildman–Crippen LogP) is 1.58. The molecule has 0 spiro atoms. The van der Waals surface area contributed by atoms with Crippen LogP contribution in [0.4, 0.5) is 5.69 Å². The van der Waals surface area contributed by atoms with E-state index in [0.29, 0.717) is 0 Å². The summed E-state index contributed by atoms with van der Waals surface area (Å²) in [6.07, 6.45) is 3.06. The molecule has 1 aromatic heterocycles. The van der Waals surface area contributed by atoms with Crippen LogP contribution in [-0.2, 0) is 9.84 Å². The van der Waals surface area contributed by atoms with Crippen molar-refractivity contribution in [3.8, 4) is 0 Å². The van der Waals surface area contributed by atoms with Crippen LogP contribution in [0.5, 0.6) is 0 Å². The van der Waals surface area contributed by atoms with E-state index in [9.17, 15) is 8.42 Å². The van der Waals surface area contributed by atoms with Crippen LogP contribution in [0.1, 0.15) is 0 Å². The number of aromatic amines is 1. The Bertz CT molecular complexity index is 572. The Kier molecular flexibility index (Phi) is 2.40. The zero-order valence-corrected chi connectivity index (χ0v) is 9.14. The maximum atomic E-state index is 10.9. The number of H-pyrrole nitrogens is 1. The maximum Gasteiger partial charge on any atom is 0.165 e. The van der Waals surface area contributed by atoms with Gasteiger partial charge in [-0.25, -0.2) is 8.42 Å². The molecule has 0 bridgehead atoms. The fourth-order valence-electron chi connectivity index (χ4n) is 1.38. The molecular formula is C10H12N2O2S. The summed E-state index contributed by atoms with van der Waals surface area (Å²) in [5.74, 6) is -0.0388. The van der Waals surface area contributed by atoms with E-state index in [1.54, 1.807) is 0 Å². The van der Waals surface area contributed by atoms with Gasteiger partial charge in [0.15, 0.2) is 9.84 Å². The van der Waals surface area contributed by atoms with Gasteiger partial charge in [-0.15, -0.1) is 0 Å². The first kappa shape index (κ1) is 10.0. The molecule has 1 heterocycles. The molecule has 2 N–H and O–H groups in total. The van der Waals surface area contributed by atoms with Crippen molar-refractivity contribution < 1.29 is 8.42 Å². The Hall–Kier alpha value is -1.49. The van der Waals surface area contributed by atoms with Crippen molar-refractivity contribution in [2.45, 2.75) is 0 Å². The van der Waals surface area contributed by atoms with Crippen LogP contribution in [0.2, 0.25) is 0 Å². The summed E-state index contributed by atoms with van der Waals surface area (Å²) in [5, 5.41) is 3.93. The highest BCUT2D eigenvalue weighted by molar-refractivity contribution is 7.90. The molecular weight excluding hydrogens is 212 g/mol. The van der Waals surface area contributed by atoms with Gasteiger partial charge in [-0.3, -0.25) is 0 Å². The first-order valence-electron chi connectivity index (χ1n) is 4.53. The van der Waals surface area contributed by atoms with E-state index in [4.69, 9.17) is 0 Å². The first-order valence-corrected chi connectivity index (χ1v) is 6.59. The van der Waals surface area contributed by atoms with Gasteiger partial charge in [0.1, 0.15) is 5.88 Å². The van der Waals surface area contributed by atoms with Gasteiger partial charge < -0.3 is 10.3 Å². The van der Waals surface area contributed by atoms with E-state index >= 15 is 0 Å². The highest BCUT2D eigenvalue weighted by Gasteiger charge is 2.02. The lowest BCUT2D eigenvalue weighted by Gasteiger charge is -2.04. The number of hydrogen-bond acceptors (Lipinski definition) is 3. The van der Waals surface area contributed by atoms with Crippen LogP contribution in [0.25, 0.3) is 10.9 Å².